The van der Waals surface area contributed by atoms with Gasteiger partial charge in [0.05, 0.1) is 19.3 Å². The molecular weight excluding hydrogens is 228 g/mol. The van der Waals surface area contributed by atoms with Crippen molar-refractivity contribution in [3.8, 4) is 0 Å². The van der Waals surface area contributed by atoms with Gasteiger partial charge in [0.15, 0.2) is 0 Å². The van der Waals surface area contributed by atoms with Crippen LogP contribution in [0.3, 0.4) is 0 Å². The Balaban J connectivity index is 2.35. The lowest BCUT2D eigenvalue weighted by atomic mass is 10.2. The van der Waals surface area contributed by atoms with Crippen LogP contribution < -0.4 is 5.32 Å². The van der Waals surface area contributed by atoms with E-state index in [-0.39, 0.29) is 0 Å². The summed E-state index contributed by atoms with van der Waals surface area (Å²) in [4.78, 5) is 0. The number of ether oxygens (including phenoxy) is 2. The fourth-order valence-electron chi connectivity index (χ4n) is 1.81. The van der Waals surface area contributed by atoms with Crippen LogP contribution in [-0.2, 0) is 22.6 Å². The molecule has 18 heavy (non-hydrogen) atoms. The third-order valence-corrected chi connectivity index (χ3v) is 2.93. The Morgan fingerprint density at radius 2 is 2.11 bits per heavy atom. The zero-order valence-electron chi connectivity index (χ0n) is 12.0. The molecular formula is C14H26N2O2. The number of hydrogen-bond acceptors (Lipinski definition) is 3. The summed E-state index contributed by atoms with van der Waals surface area (Å²) in [7, 11) is 1.72. The van der Waals surface area contributed by atoms with E-state index in [2.05, 4.69) is 42.9 Å². The summed E-state index contributed by atoms with van der Waals surface area (Å²) in [6, 6.07) is 2.17. The summed E-state index contributed by atoms with van der Waals surface area (Å²) in [6.45, 7) is 10.5. The minimum Gasteiger partial charge on any atom is -0.383 e. The SMILES string of the molecule is COCCNCc1ccn(CCOC(C)C)c1C. The number of nitrogens with one attached hydrogen (secondary N) is 1. The van der Waals surface area contributed by atoms with Gasteiger partial charge >= 0.3 is 0 Å². The maximum Gasteiger partial charge on any atom is 0.0649 e. The molecule has 0 amide bonds. The van der Waals surface area contributed by atoms with E-state index in [1.165, 1.54) is 11.3 Å². The van der Waals surface area contributed by atoms with Gasteiger partial charge in [0, 0.05) is 38.6 Å². The molecule has 0 atom stereocenters. The molecule has 1 heterocycles. The van der Waals surface area contributed by atoms with Crippen molar-refractivity contribution < 1.29 is 9.47 Å². The van der Waals surface area contributed by atoms with Crippen molar-refractivity contribution in [2.75, 3.05) is 26.9 Å². The van der Waals surface area contributed by atoms with Gasteiger partial charge in [-0.05, 0) is 32.4 Å². The van der Waals surface area contributed by atoms with Gasteiger partial charge in [-0.2, -0.15) is 0 Å². The number of hydrogen-bond donors (Lipinski definition) is 1. The summed E-state index contributed by atoms with van der Waals surface area (Å²) in [5.41, 5.74) is 2.66. The minimum absolute atomic E-state index is 0.302. The highest BCUT2D eigenvalue weighted by Gasteiger charge is 2.04. The largest absolute Gasteiger partial charge is 0.383 e. The lowest BCUT2D eigenvalue weighted by Gasteiger charge is -2.10. The molecule has 0 aliphatic heterocycles. The Morgan fingerprint density at radius 1 is 1.33 bits per heavy atom. The van der Waals surface area contributed by atoms with E-state index in [0.717, 1.165) is 32.8 Å². The molecule has 0 spiro atoms. The number of nitrogens with zero attached hydrogens (tertiary/aromatic N) is 1. The maximum atomic E-state index is 5.57. The molecule has 1 rings (SSSR count). The first-order valence-corrected chi connectivity index (χ1v) is 6.61. The lowest BCUT2D eigenvalue weighted by Crippen LogP contribution is -2.19. The average Bonchev–Trinajstić information content (AvgIpc) is 2.67. The first-order chi connectivity index (χ1) is 8.65. The third-order valence-electron chi connectivity index (χ3n) is 2.93. The molecule has 0 aliphatic rings. The van der Waals surface area contributed by atoms with E-state index < -0.39 is 0 Å². The Labute approximate surface area is 110 Å². The molecule has 1 aromatic heterocycles. The number of rotatable bonds is 9. The second-order valence-corrected chi connectivity index (χ2v) is 4.71. The van der Waals surface area contributed by atoms with Gasteiger partial charge in [0.2, 0.25) is 0 Å². The van der Waals surface area contributed by atoms with E-state index in [1.54, 1.807) is 7.11 Å². The highest BCUT2D eigenvalue weighted by Crippen LogP contribution is 2.09. The number of methoxy groups -OCH3 is 1. The maximum absolute atomic E-state index is 5.57. The van der Waals surface area contributed by atoms with Crippen LogP contribution >= 0.6 is 0 Å². The molecule has 0 aliphatic carbocycles. The van der Waals surface area contributed by atoms with Gasteiger partial charge in [-0.1, -0.05) is 0 Å². The lowest BCUT2D eigenvalue weighted by molar-refractivity contribution is 0.0725. The second-order valence-electron chi connectivity index (χ2n) is 4.71. The van der Waals surface area contributed by atoms with E-state index >= 15 is 0 Å². The van der Waals surface area contributed by atoms with E-state index in [4.69, 9.17) is 9.47 Å². The molecule has 0 unspecified atom stereocenters. The molecule has 0 fully saturated rings. The predicted octanol–water partition coefficient (Wildman–Crippen LogP) is 1.96. The topological polar surface area (TPSA) is 35.4 Å². The van der Waals surface area contributed by atoms with E-state index in [1.807, 2.05) is 0 Å². The van der Waals surface area contributed by atoms with Crippen molar-refractivity contribution >= 4 is 0 Å². The first kappa shape index (κ1) is 15.2. The summed E-state index contributed by atoms with van der Waals surface area (Å²) in [5.74, 6) is 0. The van der Waals surface area contributed by atoms with Crippen molar-refractivity contribution in [1.29, 1.82) is 0 Å². The summed E-state index contributed by atoms with van der Waals surface area (Å²) in [5, 5.41) is 3.36. The van der Waals surface area contributed by atoms with E-state index in [0.29, 0.717) is 6.10 Å². The Bertz CT molecular complexity index is 335. The molecule has 0 saturated heterocycles. The third kappa shape index (κ3) is 5.21. The van der Waals surface area contributed by atoms with Crippen LogP contribution in [0.15, 0.2) is 12.3 Å². The van der Waals surface area contributed by atoms with Crippen LogP contribution in [0.2, 0.25) is 0 Å². The quantitative estimate of drug-likeness (QED) is 0.684. The Kier molecular flexibility index (Phi) is 7.01. The van der Waals surface area contributed by atoms with Crippen LogP contribution in [0, 0.1) is 6.92 Å². The molecule has 0 bridgehead atoms. The molecule has 1 N–H and O–H groups in total. The zero-order chi connectivity index (χ0) is 13.4. The van der Waals surface area contributed by atoms with Gasteiger partial charge in [-0.3, -0.25) is 0 Å². The molecule has 104 valence electrons. The van der Waals surface area contributed by atoms with Gasteiger partial charge in [-0.25, -0.2) is 0 Å². The van der Waals surface area contributed by atoms with Crippen molar-refractivity contribution in [3.63, 3.8) is 0 Å². The van der Waals surface area contributed by atoms with Crippen LogP contribution in [0.4, 0.5) is 0 Å². The molecule has 1 aromatic rings. The smallest absolute Gasteiger partial charge is 0.0649 e. The van der Waals surface area contributed by atoms with Gasteiger partial charge in [0.1, 0.15) is 0 Å². The molecule has 0 radical (unpaired) electrons. The monoisotopic (exact) mass is 254 g/mol. The molecule has 0 aromatic carbocycles. The van der Waals surface area contributed by atoms with Gasteiger partial charge in [-0.15, -0.1) is 0 Å². The fourth-order valence-corrected chi connectivity index (χ4v) is 1.81. The van der Waals surface area contributed by atoms with E-state index in [9.17, 15) is 0 Å². The summed E-state index contributed by atoms with van der Waals surface area (Å²) >= 11 is 0. The molecule has 4 nitrogen and oxygen atoms in total. The van der Waals surface area contributed by atoms with Crippen LogP contribution in [0.25, 0.3) is 0 Å². The van der Waals surface area contributed by atoms with Crippen molar-refractivity contribution in [3.05, 3.63) is 23.5 Å². The summed E-state index contributed by atoms with van der Waals surface area (Å²) < 4.78 is 12.8. The highest BCUT2D eigenvalue weighted by molar-refractivity contribution is 5.20. The van der Waals surface area contributed by atoms with Gasteiger partial charge in [0.25, 0.3) is 0 Å². The van der Waals surface area contributed by atoms with Crippen LogP contribution in [0.5, 0.6) is 0 Å². The Morgan fingerprint density at radius 3 is 2.78 bits per heavy atom. The predicted molar refractivity (Wildman–Crippen MR) is 73.8 cm³/mol. The highest BCUT2D eigenvalue weighted by atomic mass is 16.5. The second kappa shape index (κ2) is 8.29. The van der Waals surface area contributed by atoms with Crippen molar-refractivity contribution in [2.45, 2.75) is 40.0 Å². The van der Waals surface area contributed by atoms with Crippen molar-refractivity contribution in [1.82, 2.24) is 9.88 Å². The normalized spacial score (nSPS) is 11.4. The molecule has 4 heteroatoms. The first-order valence-electron chi connectivity index (χ1n) is 6.61. The fraction of sp³-hybridized carbons (Fsp3) is 0.714. The number of aromatic nitrogens is 1. The standard InChI is InChI=1S/C14H26N2O2/c1-12(2)18-10-8-16-7-5-14(13(16)3)11-15-6-9-17-4/h5,7,12,15H,6,8-11H2,1-4H3. The van der Waals surface area contributed by atoms with Crippen LogP contribution in [-0.4, -0.2) is 37.5 Å². The van der Waals surface area contributed by atoms with Crippen LogP contribution in [0.1, 0.15) is 25.1 Å². The summed E-state index contributed by atoms with van der Waals surface area (Å²) in [6.07, 6.45) is 2.43. The minimum atomic E-state index is 0.302. The molecule has 0 saturated carbocycles. The zero-order valence-corrected chi connectivity index (χ0v) is 12.0. The average molecular weight is 254 g/mol. The van der Waals surface area contributed by atoms with Crippen molar-refractivity contribution in [2.24, 2.45) is 0 Å². The van der Waals surface area contributed by atoms with Gasteiger partial charge < -0.3 is 19.4 Å². The Hall–Kier alpha value is -0.840.